The molecule has 1 heterocycles. The van der Waals surface area contributed by atoms with Crippen molar-refractivity contribution in [1.29, 1.82) is 0 Å². The molecule has 1 saturated heterocycles. The number of hydrogen-bond donors (Lipinski definition) is 1. The van der Waals surface area contributed by atoms with E-state index in [-0.39, 0.29) is 6.04 Å². The average Bonchev–Trinajstić information content (AvgIpc) is 2.54. The highest BCUT2D eigenvalue weighted by atomic mass is 15.1. The minimum Gasteiger partial charge on any atom is -0.371 e. The van der Waals surface area contributed by atoms with Crippen molar-refractivity contribution in [2.24, 2.45) is 11.7 Å². The molecule has 0 amide bonds. The van der Waals surface area contributed by atoms with Gasteiger partial charge in [-0.05, 0) is 43.7 Å². The monoisotopic (exact) mass is 232 g/mol. The van der Waals surface area contributed by atoms with Crippen molar-refractivity contribution in [2.75, 3.05) is 18.0 Å². The van der Waals surface area contributed by atoms with Gasteiger partial charge >= 0.3 is 0 Å². The van der Waals surface area contributed by atoms with E-state index in [9.17, 15) is 0 Å². The molecule has 2 atom stereocenters. The molecule has 1 fully saturated rings. The van der Waals surface area contributed by atoms with Gasteiger partial charge in [-0.2, -0.15) is 0 Å². The zero-order chi connectivity index (χ0) is 12.3. The number of nitrogens with zero attached hydrogens (tertiary/aromatic N) is 1. The van der Waals surface area contributed by atoms with Gasteiger partial charge in [-0.3, -0.25) is 0 Å². The lowest BCUT2D eigenvalue weighted by atomic mass is 10.0. The predicted molar refractivity (Wildman–Crippen MR) is 74.3 cm³/mol. The highest BCUT2D eigenvalue weighted by Crippen LogP contribution is 2.28. The molecule has 1 aliphatic heterocycles. The maximum Gasteiger partial charge on any atom is 0.0414 e. The molecule has 94 valence electrons. The Morgan fingerprint density at radius 2 is 2.00 bits per heavy atom. The van der Waals surface area contributed by atoms with Crippen molar-refractivity contribution < 1.29 is 0 Å². The predicted octanol–water partition coefficient (Wildman–Crippen LogP) is 3.33. The van der Waals surface area contributed by atoms with Gasteiger partial charge in [-0.15, -0.1) is 0 Å². The Balaban J connectivity index is 2.21. The van der Waals surface area contributed by atoms with E-state index < -0.39 is 0 Å². The molecule has 0 radical (unpaired) electrons. The first-order valence-electron chi connectivity index (χ1n) is 6.78. The number of anilines is 1. The maximum atomic E-state index is 6.06. The Hall–Kier alpha value is -1.02. The quantitative estimate of drug-likeness (QED) is 0.847. The minimum absolute atomic E-state index is 0.117. The molecular weight excluding hydrogens is 208 g/mol. The van der Waals surface area contributed by atoms with Gasteiger partial charge < -0.3 is 10.6 Å². The van der Waals surface area contributed by atoms with E-state index in [2.05, 4.69) is 43.0 Å². The van der Waals surface area contributed by atoms with Gasteiger partial charge in [0.05, 0.1) is 0 Å². The molecule has 0 aliphatic carbocycles. The van der Waals surface area contributed by atoms with E-state index in [1.54, 1.807) is 0 Å². The summed E-state index contributed by atoms with van der Waals surface area (Å²) in [5.41, 5.74) is 8.68. The fourth-order valence-corrected chi connectivity index (χ4v) is 2.66. The summed E-state index contributed by atoms with van der Waals surface area (Å²) in [6.07, 6.45) is 3.96. The number of rotatable bonds is 2. The summed E-state index contributed by atoms with van der Waals surface area (Å²) in [6.45, 7) is 6.78. The molecule has 0 aromatic heterocycles. The zero-order valence-corrected chi connectivity index (χ0v) is 11.0. The minimum atomic E-state index is 0.117. The third-order valence-corrected chi connectivity index (χ3v) is 3.78. The molecule has 1 aromatic carbocycles. The number of nitrogens with two attached hydrogens (primary N) is 1. The molecule has 1 aliphatic rings. The largest absolute Gasteiger partial charge is 0.371 e. The maximum absolute atomic E-state index is 6.06. The van der Waals surface area contributed by atoms with Crippen LogP contribution in [0.5, 0.6) is 0 Å². The third-order valence-electron chi connectivity index (χ3n) is 3.78. The van der Waals surface area contributed by atoms with Crippen LogP contribution >= 0.6 is 0 Å². The van der Waals surface area contributed by atoms with E-state index in [0.29, 0.717) is 0 Å². The van der Waals surface area contributed by atoms with Crippen molar-refractivity contribution >= 4 is 5.69 Å². The molecular formula is C15H24N2. The second-order valence-electron chi connectivity index (χ2n) is 5.37. The standard InChI is InChI=1S/C15H24N2/c1-12-6-5-10-17(11-9-12)15-8-4-3-7-14(15)13(2)16/h3-4,7-8,12-13H,5-6,9-11,16H2,1-2H3/t12?,13-/m1/s1. The molecule has 2 nitrogen and oxygen atoms in total. The molecule has 2 rings (SSSR count). The van der Waals surface area contributed by atoms with Gasteiger partial charge in [0.15, 0.2) is 0 Å². The van der Waals surface area contributed by atoms with Gasteiger partial charge in [0, 0.05) is 24.8 Å². The van der Waals surface area contributed by atoms with Crippen LogP contribution in [0.25, 0.3) is 0 Å². The lowest BCUT2D eigenvalue weighted by molar-refractivity contribution is 0.521. The second-order valence-corrected chi connectivity index (χ2v) is 5.37. The van der Waals surface area contributed by atoms with Crippen molar-refractivity contribution in [3.63, 3.8) is 0 Å². The van der Waals surface area contributed by atoms with E-state index in [1.165, 1.54) is 43.6 Å². The van der Waals surface area contributed by atoms with Crippen LogP contribution in [-0.4, -0.2) is 13.1 Å². The Labute approximate surface area is 105 Å². The summed E-state index contributed by atoms with van der Waals surface area (Å²) >= 11 is 0. The number of hydrogen-bond acceptors (Lipinski definition) is 2. The van der Waals surface area contributed by atoms with Crippen molar-refractivity contribution in [3.05, 3.63) is 29.8 Å². The van der Waals surface area contributed by atoms with Crippen molar-refractivity contribution in [2.45, 2.75) is 39.2 Å². The summed E-state index contributed by atoms with van der Waals surface area (Å²) in [4.78, 5) is 2.52. The Morgan fingerprint density at radius 1 is 1.24 bits per heavy atom. The summed E-state index contributed by atoms with van der Waals surface area (Å²) in [7, 11) is 0. The summed E-state index contributed by atoms with van der Waals surface area (Å²) in [5.74, 6) is 0.863. The van der Waals surface area contributed by atoms with Crippen LogP contribution in [0.15, 0.2) is 24.3 Å². The highest BCUT2D eigenvalue weighted by molar-refractivity contribution is 5.54. The number of para-hydroxylation sites is 1. The molecule has 17 heavy (non-hydrogen) atoms. The van der Waals surface area contributed by atoms with Gasteiger partial charge in [0.2, 0.25) is 0 Å². The van der Waals surface area contributed by atoms with Gasteiger partial charge in [0.1, 0.15) is 0 Å². The first kappa shape index (κ1) is 12.4. The van der Waals surface area contributed by atoms with E-state index in [0.717, 1.165) is 5.92 Å². The first-order valence-corrected chi connectivity index (χ1v) is 6.78. The Kier molecular flexibility index (Phi) is 4.06. The fraction of sp³-hybridized carbons (Fsp3) is 0.600. The van der Waals surface area contributed by atoms with Crippen molar-refractivity contribution in [3.8, 4) is 0 Å². The molecule has 2 heteroatoms. The van der Waals surface area contributed by atoms with E-state index in [4.69, 9.17) is 5.73 Å². The summed E-state index contributed by atoms with van der Waals surface area (Å²) in [5, 5.41) is 0. The van der Waals surface area contributed by atoms with Crippen LogP contribution in [0.4, 0.5) is 5.69 Å². The highest BCUT2D eigenvalue weighted by Gasteiger charge is 2.17. The topological polar surface area (TPSA) is 29.3 Å². The lowest BCUT2D eigenvalue weighted by Gasteiger charge is -2.26. The van der Waals surface area contributed by atoms with Gasteiger partial charge in [-0.1, -0.05) is 25.1 Å². The SMILES string of the molecule is CC1CCCN(c2ccccc2[C@@H](C)N)CC1. The molecule has 0 spiro atoms. The second kappa shape index (κ2) is 5.54. The third kappa shape index (κ3) is 3.01. The van der Waals surface area contributed by atoms with Gasteiger partial charge in [-0.25, -0.2) is 0 Å². The van der Waals surface area contributed by atoms with E-state index >= 15 is 0 Å². The number of benzene rings is 1. The smallest absolute Gasteiger partial charge is 0.0414 e. The first-order chi connectivity index (χ1) is 8.18. The van der Waals surface area contributed by atoms with Crippen LogP contribution in [0, 0.1) is 5.92 Å². The lowest BCUT2D eigenvalue weighted by Crippen LogP contribution is -2.26. The normalized spacial score (nSPS) is 23.2. The molecule has 1 aromatic rings. The van der Waals surface area contributed by atoms with Crippen LogP contribution < -0.4 is 10.6 Å². The van der Waals surface area contributed by atoms with Crippen LogP contribution in [-0.2, 0) is 0 Å². The van der Waals surface area contributed by atoms with Crippen LogP contribution in [0.1, 0.15) is 44.7 Å². The van der Waals surface area contributed by atoms with Gasteiger partial charge in [0.25, 0.3) is 0 Å². The molecule has 1 unspecified atom stereocenters. The molecule has 0 saturated carbocycles. The van der Waals surface area contributed by atoms with Crippen LogP contribution in [0.3, 0.4) is 0 Å². The Morgan fingerprint density at radius 3 is 2.76 bits per heavy atom. The zero-order valence-electron chi connectivity index (χ0n) is 11.0. The molecule has 0 bridgehead atoms. The summed E-state index contributed by atoms with van der Waals surface area (Å²) < 4.78 is 0. The van der Waals surface area contributed by atoms with Crippen molar-refractivity contribution in [1.82, 2.24) is 0 Å². The molecule has 2 N–H and O–H groups in total. The fourth-order valence-electron chi connectivity index (χ4n) is 2.66. The summed E-state index contributed by atoms with van der Waals surface area (Å²) in [6, 6.07) is 8.70. The average molecular weight is 232 g/mol. The van der Waals surface area contributed by atoms with Crippen LogP contribution in [0.2, 0.25) is 0 Å². The Bertz CT molecular complexity index is 360. The van der Waals surface area contributed by atoms with E-state index in [1.807, 2.05) is 0 Å².